The van der Waals surface area contributed by atoms with Gasteiger partial charge in [-0.1, -0.05) is 24.3 Å². The van der Waals surface area contributed by atoms with Gasteiger partial charge in [-0.05, 0) is 30.2 Å². The van der Waals surface area contributed by atoms with Crippen molar-refractivity contribution < 1.29 is 4.79 Å². The number of hydrogen-bond acceptors (Lipinski definition) is 2. The van der Waals surface area contributed by atoms with Crippen molar-refractivity contribution in [3.05, 3.63) is 48.6 Å². The van der Waals surface area contributed by atoms with E-state index in [4.69, 9.17) is 5.73 Å². The van der Waals surface area contributed by atoms with Gasteiger partial charge in [0.15, 0.2) is 5.78 Å². The SMILES string of the molecule is C=CCCC(=O)/C=C/c1ccc(N)cc1. The third-order valence-electron chi connectivity index (χ3n) is 1.99. The first kappa shape index (κ1) is 11.2. The Labute approximate surface area is 90.1 Å². The standard InChI is InChI=1S/C13H15NO/c1-2-3-4-13(15)10-7-11-5-8-12(14)9-6-11/h2,5-10H,1,3-4,14H2/b10-7+. The van der Waals surface area contributed by atoms with Crippen molar-refractivity contribution in [2.45, 2.75) is 12.8 Å². The molecule has 2 heteroatoms. The van der Waals surface area contributed by atoms with E-state index in [1.165, 1.54) is 0 Å². The molecule has 0 aliphatic heterocycles. The number of hydrogen-bond donors (Lipinski definition) is 1. The molecule has 2 nitrogen and oxygen atoms in total. The average molecular weight is 201 g/mol. The molecule has 78 valence electrons. The first-order valence-electron chi connectivity index (χ1n) is 4.89. The van der Waals surface area contributed by atoms with Crippen LogP contribution in [0.1, 0.15) is 18.4 Å². The van der Waals surface area contributed by atoms with E-state index in [1.54, 1.807) is 18.2 Å². The van der Waals surface area contributed by atoms with E-state index >= 15 is 0 Å². The second-order valence-corrected chi connectivity index (χ2v) is 3.29. The summed E-state index contributed by atoms with van der Waals surface area (Å²) >= 11 is 0. The molecular weight excluding hydrogens is 186 g/mol. The van der Waals surface area contributed by atoms with Crippen molar-refractivity contribution in [2.75, 3.05) is 5.73 Å². The second-order valence-electron chi connectivity index (χ2n) is 3.29. The third-order valence-corrected chi connectivity index (χ3v) is 1.99. The molecule has 0 radical (unpaired) electrons. The van der Waals surface area contributed by atoms with E-state index in [-0.39, 0.29) is 5.78 Å². The Morgan fingerprint density at radius 3 is 2.60 bits per heavy atom. The van der Waals surface area contributed by atoms with Crippen molar-refractivity contribution >= 4 is 17.5 Å². The fourth-order valence-electron chi connectivity index (χ4n) is 1.12. The van der Waals surface area contributed by atoms with Gasteiger partial charge in [0.1, 0.15) is 0 Å². The number of allylic oxidation sites excluding steroid dienone is 2. The number of nitrogens with two attached hydrogens (primary N) is 1. The van der Waals surface area contributed by atoms with Gasteiger partial charge in [0, 0.05) is 12.1 Å². The number of nitrogen functional groups attached to an aromatic ring is 1. The van der Waals surface area contributed by atoms with Crippen molar-refractivity contribution in [3.8, 4) is 0 Å². The molecule has 1 rings (SSSR count). The number of carbonyl (C=O) groups is 1. The summed E-state index contributed by atoms with van der Waals surface area (Å²) < 4.78 is 0. The topological polar surface area (TPSA) is 43.1 Å². The highest BCUT2D eigenvalue weighted by Crippen LogP contribution is 2.07. The van der Waals surface area contributed by atoms with Crippen LogP contribution in [0.4, 0.5) is 5.69 Å². The summed E-state index contributed by atoms with van der Waals surface area (Å²) in [5.41, 5.74) is 7.26. The summed E-state index contributed by atoms with van der Waals surface area (Å²) in [6.07, 6.45) is 6.38. The van der Waals surface area contributed by atoms with Gasteiger partial charge in [-0.15, -0.1) is 6.58 Å². The number of anilines is 1. The van der Waals surface area contributed by atoms with E-state index in [0.717, 1.165) is 17.7 Å². The summed E-state index contributed by atoms with van der Waals surface area (Å²) in [6.45, 7) is 3.57. The molecule has 0 aliphatic carbocycles. The summed E-state index contributed by atoms with van der Waals surface area (Å²) in [5.74, 6) is 0.117. The molecule has 0 saturated carbocycles. The largest absolute Gasteiger partial charge is 0.399 e. The molecule has 0 heterocycles. The molecule has 0 unspecified atom stereocenters. The minimum Gasteiger partial charge on any atom is -0.399 e. The van der Waals surface area contributed by atoms with Crippen molar-refractivity contribution in [1.82, 2.24) is 0 Å². The van der Waals surface area contributed by atoms with Gasteiger partial charge in [-0.2, -0.15) is 0 Å². The monoisotopic (exact) mass is 201 g/mol. The van der Waals surface area contributed by atoms with E-state index in [2.05, 4.69) is 6.58 Å². The molecule has 0 aliphatic rings. The zero-order valence-electron chi connectivity index (χ0n) is 8.65. The van der Waals surface area contributed by atoms with Crippen molar-refractivity contribution in [3.63, 3.8) is 0 Å². The lowest BCUT2D eigenvalue weighted by Crippen LogP contribution is -1.90. The van der Waals surface area contributed by atoms with Crippen molar-refractivity contribution in [1.29, 1.82) is 0 Å². The van der Waals surface area contributed by atoms with Crippen LogP contribution in [0.15, 0.2) is 43.0 Å². The Balaban J connectivity index is 2.53. The quantitative estimate of drug-likeness (QED) is 0.452. The molecule has 0 amide bonds. The molecule has 15 heavy (non-hydrogen) atoms. The molecule has 2 N–H and O–H groups in total. The maximum Gasteiger partial charge on any atom is 0.156 e. The Hall–Kier alpha value is -1.83. The fourth-order valence-corrected chi connectivity index (χ4v) is 1.12. The van der Waals surface area contributed by atoms with Gasteiger partial charge in [-0.25, -0.2) is 0 Å². The third kappa shape index (κ3) is 4.27. The summed E-state index contributed by atoms with van der Waals surface area (Å²) in [4.78, 5) is 11.3. The van der Waals surface area contributed by atoms with Gasteiger partial charge >= 0.3 is 0 Å². The maximum absolute atomic E-state index is 11.3. The Morgan fingerprint density at radius 2 is 2.00 bits per heavy atom. The number of carbonyl (C=O) groups excluding carboxylic acids is 1. The summed E-state index contributed by atoms with van der Waals surface area (Å²) in [7, 11) is 0. The van der Waals surface area contributed by atoms with Crippen LogP contribution in [0.3, 0.4) is 0 Å². The molecule has 0 saturated heterocycles. The number of ketones is 1. The molecule has 1 aromatic rings. The highest BCUT2D eigenvalue weighted by molar-refractivity contribution is 5.93. The van der Waals surface area contributed by atoms with Crippen LogP contribution in [-0.4, -0.2) is 5.78 Å². The number of benzene rings is 1. The zero-order valence-corrected chi connectivity index (χ0v) is 8.65. The van der Waals surface area contributed by atoms with Gasteiger partial charge in [-0.3, -0.25) is 4.79 Å². The predicted molar refractivity (Wildman–Crippen MR) is 64.3 cm³/mol. The highest BCUT2D eigenvalue weighted by Gasteiger charge is 1.93. The zero-order chi connectivity index (χ0) is 11.1. The average Bonchev–Trinajstić information content (AvgIpc) is 2.25. The smallest absolute Gasteiger partial charge is 0.156 e. The normalized spacial score (nSPS) is 10.4. The lowest BCUT2D eigenvalue weighted by Gasteiger charge is -1.94. The minimum absolute atomic E-state index is 0.117. The molecule has 0 atom stereocenters. The first-order chi connectivity index (χ1) is 7.22. The molecular formula is C13H15NO. The van der Waals surface area contributed by atoms with Gasteiger partial charge < -0.3 is 5.73 Å². The molecule has 0 bridgehead atoms. The maximum atomic E-state index is 11.3. The Kier molecular flexibility index (Phi) is 4.35. The predicted octanol–water partition coefficient (Wildman–Crippen LogP) is 2.82. The lowest BCUT2D eigenvalue weighted by atomic mass is 10.1. The molecule has 0 spiro atoms. The van der Waals surface area contributed by atoms with Gasteiger partial charge in [0.05, 0.1) is 0 Å². The second kappa shape index (κ2) is 5.81. The van der Waals surface area contributed by atoms with Crippen LogP contribution in [0.25, 0.3) is 6.08 Å². The summed E-state index contributed by atoms with van der Waals surface area (Å²) in [6, 6.07) is 7.39. The van der Waals surface area contributed by atoms with Crippen LogP contribution < -0.4 is 5.73 Å². The first-order valence-corrected chi connectivity index (χ1v) is 4.89. The molecule has 1 aromatic carbocycles. The minimum atomic E-state index is 0.117. The summed E-state index contributed by atoms with van der Waals surface area (Å²) in [5, 5.41) is 0. The van der Waals surface area contributed by atoms with Crippen LogP contribution in [0, 0.1) is 0 Å². The van der Waals surface area contributed by atoms with Crippen LogP contribution in [0.2, 0.25) is 0 Å². The van der Waals surface area contributed by atoms with Crippen LogP contribution in [0.5, 0.6) is 0 Å². The van der Waals surface area contributed by atoms with Gasteiger partial charge in [0.2, 0.25) is 0 Å². The van der Waals surface area contributed by atoms with E-state index in [0.29, 0.717) is 6.42 Å². The van der Waals surface area contributed by atoms with Crippen molar-refractivity contribution in [2.24, 2.45) is 0 Å². The van der Waals surface area contributed by atoms with Gasteiger partial charge in [0.25, 0.3) is 0 Å². The molecule has 0 aromatic heterocycles. The van der Waals surface area contributed by atoms with E-state index in [9.17, 15) is 4.79 Å². The highest BCUT2D eigenvalue weighted by atomic mass is 16.1. The molecule has 0 fully saturated rings. The number of rotatable bonds is 5. The fraction of sp³-hybridized carbons (Fsp3) is 0.154. The Morgan fingerprint density at radius 1 is 1.33 bits per heavy atom. The lowest BCUT2D eigenvalue weighted by molar-refractivity contribution is -0.114. The van der Waals surface area contributed by atoms with E-state index < -0.39 is 0 Å². The van der Waals surface area contributed by atoms with E-state index in [1.807, 2.05) is 24.3 Å². The Bertz CT molecular complexity index is 363. The van der Waals surface area contributed by atoms with Crippen LogP contribution in [-0.2, 0) is 4.79 Å². The van der Waals surface area contributed by atoms with Crippen LogP contribution >= 0.6 is 0 Å².